The van der Waals surface area contributed by atoms with Crippen molar-refractivity contribution in [3.05, 3.63) is 35.4 Å². The van der Waals surface area contributed by atoms with Gasteiger partial charge in [-0.15, -0.1) is 0 Å². The molecule has 0 aromatic heterocycles. The van der Waals surface area contributed by atoms with Crippen molar-refractivity contribution in [1.82, 2.24) is 4.31 Å². The van der Waals surface area contributed by atoms with Gasteiger partial charge < -0.3 is 10.9 Å². The number of oxime groups is 1. The summed E-state index contributed by atoms with van der Waals surface area (Å²) in [6.45, 7) is -0.213. The zero-order valence-corrected chi connectivity index (χ0v) is 11.8. The molecule has 0 heterocycles. The summed E-state index contributed by atoms with van der Waals surface area (Å²) in [5.74, 6) is -2.03. The summed E-state index contributed by atoms with van der Waals surface area (Å²) in [7, 11) is -3.36. The molecule has 0 spiro atoms. The second-order valence-corrected chi connectivity index (χ2v) is 6.39. The Balaban J connectivity index is 2.82. The Morgan fingerprint density at radius 2 is 1.86 bits per heavy atom. The summed E-state index contributed by atoms with van der Waals surface area (Å²) in [6, 6.07) is 5.89. The van der Waals surface area contributed by atoms with Gasteiger partial charge in [-0.3, -0.25) is 0 Å². The standard InChI is InChI=1S/C11H14F3N3O3S/c1-17(21(19,20)7-11(12,13)14)6-8-2-4-9(5-3-8)10(15)16-18/h2-5,18H,6-7H2,1H3,(H2,15,16). The van der Waals surface area contributed by atoms with Crippen molar-refractivity contribution in [2.45, 2.75) is 12.7 Å². The Morgan fingerprint density at radius 1 is 1.33 bits per heavy atom. The molecule has 0 bridgehead atoms. The van der Waals surface area contributed by atoms with Crippen LogP contribution in [0.5, 0.6) is 0 Å². The molecule has 10 heteroatoms. The molecule has 0 atom stereocenters. The lowest BCUT2D eigenvalue weighted by Crippen LogP contribution is -2.34. The Bertz CT molecular complexity index is 612. The highest BCUT2D eigenvalue weighted by molar-refractivity contribution is 7.89. The molecule has 21 heavy (non-hydrogen) atoms. The minimum absolute atomic E-state index is 0.125. The summed E-state index contributed by atoms with van der Waals surface area (Å²) in [5, 5.41) is 11.3. The topological polar surface area (TPSA) is 96.0 Å². The molecule has 0 amide bonds. The fourth-order valence-corrected chi connectivity index (χ4v) is 2.49. The third-order valence-corrected chi connectivity index (χ3v) is 4.35. The molecule has 0 saturated heterocycles. The highest BCUT2D eigenvalue weighted by Crippen LogP contribution is 2.20. The van der Waals surface area contributed by atoms with Crippen LogP contribution in [0.4, 0.5) is 13.2 Å². The van der Waals surface area contributed by atoms with Gasteiger partial charge in [0.2, 0.25) is 10.0 Å². The maximum atomic E-state index is 12.2. The van der Waals surface area contributed by atoms with Crippen molar-refractivity contribution in [1.29, 1.82) is 0 Å². The summed E-state index contributed by atoms with van der Waals surface area (Å²) in [5.41, 5.74) is 6.23. The lowest BCUT2D eigenvalue weighted by Gasteiger charge is -2.18. The quantitative estimate of drug-likeness (QED) is 0.367. The molecular weight excluding hydrogens is 311 g/mol. The van der Waals surface area contributed by atoms with Gasteiger partial charge >= 0.3 is 6.18 Å². The van der Waals surface area contributed by atoms with Gasteiger partial charge in [0, 0.05) is 19.2 Å². The Hall–Kier alpha value is -1.81. The first-order chi connectivity index (χ1) is 9.55. The maximum Gasteiger partial charge on any atom is 0.404 e. The summed E-state index contributed by atoms with van der Waals surface area (Å²) in [4.78, 5) is 0. The maximum absolute atomic E-state index is 12.2. The van der Waals surface area contributed by atoms with Crippen LogP contribution in [0.15, 0.2) is 29.4 Å². The first-order valence-corrected chi connectivity index (χ1v) is 7.23. The fraction of sp³-hybridized carbons (Fsp3) is 0.364. The molecule has 118 valence electrons. The van der Waals surface area contributed by atoms with E-state index in [0.29, 0.717) is 15.4 Å². The van der Waals surface area contributed by atoms with Gasteiger partial charge in [0.15, 0.2) is 11.6 Å². The van der Waals surface area contributed by atoms with Gasteiger partial charge in [-0.2, -0.15) is 13.2 Å². The van der Waals surface area contributed by atoms with Crippen molar-refractivity contribution >= 4 is 15.9 Å². The van der Waals surface area contributed by atoms with Gasteiger partial charge in [0.1, 0.15) is 0 Å². The van der Waals surface area contributed by atoms with Gasteiger partial charge in [-0.1, -0.05) is 29.4 Å². The molecule has 0 aliphatic rings. The minimum atomic E-state index is -4.79. The lowest BCUT2D eigenvalue weighted by atomic mass is 10.1. The van der Waals surface area contributed by atoms with Crippen LogP contribution in [0.25, 0.3) is 0 Å². The third-order valence-electron chi connectivity index (χ3n) is 2.58. The number of sulfonamides is 1. The van der Waals surface area contributed by atoms with Crippen LogP contribution in [0, 0.1) is 0 Å². The Morgan fingerprint density at radius 3 is 2.29 bits per heavy atom. The first-order valence-electron chi connectivity index (χ1n) is 5.63. The van der Waals surface area contributed by atoms with Crippen molar-refractivity contribution in [3.8, 4) is 0 Å². The van der Waals surface area contributed by atoms with E-state index in [1.54, 1.807) is 0 Å². The molecule has 1 aromatic carbocycles. The largest absolute Gasteiger partial charge is 0.409 e. The van der Waals surface area contributed by atoms with Crippen LogP contribution < -0.4 is 5.73 Å². The second kappa shape index (κ2) is 6.31. The van der Waals surface area contributed by atoms with E-state index in [-0.39, 0.29) is 12.4 Å². The number of amidine groups is 1. The summed E-state index contributed by atoms with van der Waals surface area (Å²) < 4.78 is 60.2. The number of alkyl halides is 3. The molecule has 0 aliphatic carbocycles. The molecule has 0 unspecified atom stereocenters. The van der Waals surface area contributed by atoms with E-state index in [2.05, 4.69) is 5.16 Å². The average molecular weight is 325 g/mol. The molecule has 1 aromatic rings. The second-order valence-electron chi connectivity index (χ2n) is 4.31. The van der Waals surface area contributed by atoms with E-state index in [4.69, 9.17) is 10.9 Å². The molecule has 0 radical (unpaired) electrons. The van der Waals surface area contributed by atoms with Crippen LogP contribution in [0.3, 0.4) is 0 Å². The van der Waals surface area contributed by atoms with Crippen LogP contribution in [0.2, 0.25) is 0 Å². The zero-order valence-electron chi connectivity index (χ0n) is 11.0. The van der Waals surface area contributed by atoms with E-state index >= 15 is 0 Å². The van der Waals surface area contributed by atoms with Crippen LogP contribution in [-0.2, 0) is 16.6 Å². The van der Waals surface area contributed by atoms with Crippen LogP contribution in [0.1, 0.15) is 11.1 Å². The highest BCUT2D eigenvalue weighted by Gasteiger charge is 2.37. The molecule has 0 aliphatic heterocycles. The van der Waals surface area contributed by atoms with Crippen molar-refractivity contribution < 1.29 is 26.8 Å². The van der Waals surface area contributed by atoms with Crippen LogP contribution in [-0.4, -0.2) is 42.7 Å². The number of hydrogen-bond donors (Lipinski definition) is 2. The number of rotatable bonds is 5. The van der Waals surface area contributed by atoms with Crippen LogP contribution >= 0.6 is 0 Å². The SMILES string of the molecule is CN(Cc1ccc(/C(N)=N/O)cc1)S(=O)(=O)CC(F)(F)F. The van der Waals surface area contributed by atoms with Gasteiger partial charge in [-0.05, 0) is 5.56 Å². The molecule has 0 saturated carbocycles. The lowest BCUT2D eigenvalue weighted by molar-refractivity contribution is -0.107. The molecule has 1 rings (SSSR count). The molecule has 0 fully saturated rings. The number of benzene rings is 1. The summed E-state index contributed by atoms with van der Waals surface area (Å²) in [6.07, 6.45) is -4.79. The fourth-order valence-electron chi connectivity index (χ4n) is 1.51. The minimum Gasteiger partial charge on any atom is -0.409 e. The predicted molar refractivity (Wildman–Crippen MR) is 70.3 cm³/mol. The smallest absolute Gasteiger partial charge is 0.404 e. The van der Waals surface area contributed by atoms with Gasteiger partial charge in [0.05, 0.1) is 0 Å². The third kappa shape index (κ3) is 5.23. The Labute approximate surface area is 119 Å². The normalized spacial score (nSPS) is 13.7. The van der Waals surface area contributed by atoms with E-state index in [0.717, 1.165) is 7.05 Å². The predicted octanol–water partition coefficient (Wildman–Crippen LogP) is 1.10. The first kappa shape index (κ1) is 17.2. The number of hydrogen-bond acceptors (Lipinski definition) is 4. The van der Waals surface area contributed by atoms with Crippen molar-refractivity contribution in [2.75, 3.05) is 12.8 Å². The van der Waals surface area contributed by atoms with E-state index in [1.807, 2.05) is 0 Å². The van der Waals surface area contributed by atoms with E-state index in [1.165, 1.54) is 24.3 Å². The zero-order chi connectivity index (χ0) is 16.3. The van der Waals surface area contributed by atoms with Crippen molar-refractivity contribution in [3.63, 3.8) is 0 Å². The number of halogens is 3. The number of nitrogens with zero attached hydrogens (tertiary/aromatic N) is 2. The molecule has 6 nitrogen and oxygen atoms in total. The number of nitrogens with two attached hydrogens (primary N) is 1. The van der Waals surface area contributed by atoms with E-state index < -0.39 is 22.0 Å². The molecule has 3 N–H and O–H groups in total. The van der Waals surface area contributed by atoms with Gasteiger partial charge in [0.25, 0.3) is 0 Å². The van der Waals surface area contributed by atoms with E-state index in [9.17, 15) is 21.6 Å². The van der Waals surface area contributed by atoms with Crippen molar-refractivity contribution in [2.24, 2.45) is 10.9 Å². The summed E-state index contributed by atoms with van der Waals surface area (Å²) >= 11 is 0. The monoisotopic (exact) mass is 325 g/mol. The van der Waals surface area contributed by atoms with Gasteiger partial charge in [-0.25, -0.2) is 12.7 Å². The highest BCUT2D eigenvalue weighted by atomic mass is 32.2. The Kier molecular flexibility index (Phi) is 5.18. The molecular formula is C11H14F3N3O3S. The average Bonchev–Trinajstić information content (AvgIpc) is 2.36.